The van der Waals surface area contributed by atoms with Gasteiger partial charge < -0.3 is 15.2 Å². The number of thiophene rings is 1. The van der Waals surface area contributed by atoms with Gasteiger partial charge in [-0.1, -0.05) is 6.07 Å². The van der Waals surface area contributed by atoms with Gasteiger partial charge in [-0.05, 0) is 36.4 Å². The number of nitrogens with one attached hydrogen (secondary N) is 2. The Labute approximate surface area is 161 Å². The van der Waals surface area contributed by atoms with Gasteiger partial charge >= 0.3 is 0 Å². The number of H-pyrrole nitrogens is 1. The summed E-state index contributed by atoms with van der Waals surface area (Å²) in [6.07, 6.45) is 2.15. The lowest BCUT2D eigenvalue weighted by atomic mass is 10.2. The number of aromatic amines is 1. The molecule has 8 heteroatoms. The highest BCUT2D eigenvalue weighted by molar-refractivity contribution is 7.13. The normalized spacial score (nSPS) is 17.7. The number of pyridine rings is 1. The van der Waals surface area contributed by atoms with Crippen LogP contribution in [0.1, 0.15) is 23.2 Å². The van der Waals surface area contributed by atoms with E-state index in [1.807, 2.05) is 22.4 Å². The van der Waals surface area contributed by atoms with Gasteiger partial charge in [-0.3, -0.25) is 19.3 Å². The molecule has 0 aromatic carbocycles. The topological polar surface area (TPSA) is 85.5 Å². The first-order chi connectivity index (χ1) is 13.1. The standard InChI is InChI=1S/C19H22N4O3S/c24-17(20-13-3-4-13)12-22-7-9-23(10-8-22)19(26)14-5-6-15(21-18(14)25)16-2-1-11-27-16/h1-2,5-6,11,13H,3-4,7-10,12H2,(H,20,24)(H,21,25). The van der Waals surface area contributed by atoms with Gasteiger partial charge in [0.15, 0.2) is 0 Å². The molecule has 0 atom stereocenters. The van der Waals surface area contributed by atoms with Crippen molar-refractivity contribution in [2.24, 2.45) is 0 Å². The molecule has 0 bridgehead atoms. The van der Waals surface area contributed by atoms with E-state index in [0.29, 0.717) is 38.8 Å². The van der Waals surface area contributed by atoms with E-state index in [1.54, 1.807) is 17.0 Å². The third-order valence-corrected chi connectivity index (χ3v) is 5.80. The predicted octanol–water partition coefficient (Wildman–Crippen LogP) is 1.14. The minimum Gasteiger partial charge on any atom is -0.352 e. The van der Waals surface area contributed by atoms with Crippen LogP contribution in [-0.4, -0.2) is 65.4 Å². The van der Waals surface area contributed by atoms with Crippen molar-refractivity contribution < 1.29 is 9.59 Å². The number of hydrogen-bond acceptors (Lipinski definition) is 5. The minimum atomic E-state index is -0.364. The molecule has 2 fully saturated rings. The number of aromatic nitrogens is 1. The van der Waals surface area contributed by atoms with Crippen LogP contribution in [0.3, 0.4) is 0 Å². The number of rotatable bonds is 5. The zero-order valence-corrected chi connectivity index (χ0v) is 15.8. The van der Waals surface area contributed by atoms with Crippen molar-refractivity contribution in [1.29, 1.82) is 0 Å². The van der Waals surface area contributed by atoms with Crippen LogP contribution in [0, 0.1) is 0 Å². The van der Waals surface area contributed by atoms with Crippen molar-refractivity contribution in [3.63, 3.8) is 0 Å². The van der Waals surface area contributed by atoms with Crippen LogP contribution in [0.2, 0.25) is 0 Å². The lowest BCUT2D eigenvalue weighted by Gasteiger charge is -2.34. The lowest BCUT2D eigenvalue weighted by molar-refractivity contribution is -0.122. The number of piperazine rings is 1. The maximum Gasteiger partial charge on any atom is 0.261 e. The molecule has 3 heterocycles. The second-order valence-corrected chi connectivity index (χ2v) is 7.95. The Balaban J connectivity index is 1.35. The molecule has 4 rings (SSSR count). The maximum atomic E-state index is 12.7. The van der Waals surface area contributed by atoms with Crippen molar-refractivity contribution >= 4 is 23.2 Å². The van der Waals surface area contributed by atoms with E-state index in [2.05, 4.69) is 10.3 Å². The second-order valence-electron chi connectivity index (χ2n) is 7.00. The largest absolute Gasteiger partial charge is 0.352 e. The second kappa shape index (κ2) is 7.66. The Bertz CT molecular complexity index is 881. The van der Waals surface area contributed by atoms with Gasteiger partial charge in [0.25, 0.3) is 11.5 Å². The summed E-state index contributed by atoms with van der Waals surface area (Å²) in [6.45, 7) is 2.67. The van der Waals surface area contributed by atoms with Crippen LogP contribution >= 0.6 is 11.3 Å². The van der Waals surface area contributed by atoms with E-state index < -0.39 is 0 Å². The Morgan fingerprint density at radius 1 is 1.15 bits per heavy atom. The molecule has 7 nitrogen and oxygen atoms in total. The first kappa shape index (κ1) is 17.9. The zero-order valence-electron chi connectivity index (χ0n) is 14.9. The number of amides is 2. The molecule has 1 aliphatic heterocycles. The fourth-order valence-corrected chi connectivity index (χ4v) is 3.91. The van der Waals surface area contributed by atoms with Crippen molar-refractivity contribution in [2.75, 3.05) is 32.7 Å². The van der Waals surface area contributed by atoms with Gasteiger partial charge in [0.2, 0.25) is 5.91 Å². The van der Waals surface area contributed by atoms with E-state index in [9.17, 15) is 14.4 Å². The minimum absolute atomic E-state index is 0.0536. The van der Waals surface area contributed by atoms with Crippen molar-refractivity contribution in [3.05, 3.63) is 45.6 Å². The van der Waals surface area contributed by atoms with Gasteiger partial charge in [-0.25, -0.2) is 0 Å². The molecule has 2 amide bonds. The van der Waals surface area contributed by atoms with E-state index in [4.69, 9.17) is 0 Å². The van der Waals surface area contributed by atoms with E-state index in [1.165, 1.54) is 11.3 Å². The first-order valence-corrected chi connectivity index (χ1v) is 10.1. The highest BCUT2D eigenvalue weighted by atomic mass is 32.1. The summed E-state index contributed by atoms with van der Waals surface area (Å²) < 4.78 is 0. The van der Waals surface area contributed by atoms with Crippen LogP contribution in [0.4, 0.5) is 0 Å². The van der Waals surface area contributed by atoms with E-state index in [0.717, 1.165) is 23.4 Å². The molecule has 0 spiro atoms. The van der Waals surface area contributed by atoms with Crippen LogP contribution in [0.15, 0.2) is 34.4 Å². The molecule has 2 aromatic rings. The van der Waals surface area contributed by atoms with Crippen LogP contribution in [0.5, 0.6) is 0 Å². The number of carbonyl (C=O) groups is 2. The maximum absolute atomic E-state index is 12.7. The summed E-state index contributed by atoms with van der Waals surface area (Å²) >= 11 is 1.54. The molecule has 0 unspecified atom stereocenters. The molecule has 2 N–H and O–H groups in total. The summed E-state index contributed by atoms with van der Waals surface area (Å²) in [5, 5.41) is 4.92. The fourth-order valence-electron chi connectivity index (χ4n) is 3.20. The third-order valence-electron chi connectivity index (χ3n) is 4.90. The molecule has 27 heavy (non-hydrogen) atoms. The Morgan fingerprint density at radius 2 is 1.93 bits per heavy atom. The Kier molecular flexibility index (Phi) is 5.09. The van der Waals surface area contributed by atoms with Crippen LogP contribution in [0.25, 0.3) is 10.6 Å². The zero-order chi connectivity index (χ0) is 18.8. The summed E-state index contributed by atoms with van der Waals surface area (Å²) in [5.74, 6) is -0.200. The van der Waals surface area contributed by atoms with Crippen molar-refractivity contribution in [3.8, 4) is 10.6 Å². The molecular formula is C19H22N4O3S. The quantitative estimate of drug-likeness (QED) is 0.807. The van der Waals surface area contributed by atoms with Gasteiger partial charge in [-0.2, -0.15) is 0 Å². The average Bonchev–Trinajstić information content (AvgIpc) is 3.30. The monoisotopic (exact) mass is 386 g/mol. The first-order valence-electron chi connectivity index (χ1n) is 9.18. The molecule has 142 valence electrons. The molecule has 2 aromatic heterocycles. The van der Waals surface area contributed by atoms with Crippen molar-refractivity contribution in [2.45, 2.75) is 18.9 Å². The molecule has 1 saturated carbocycles. The van der Waals surface area contributed by atoms with Crippen molar-refractivity contribution in [1.82, 2.24) is 20.1 Å². The fraction of sp³-hybridized carbons (Fsp3) is 0.421. The van der Waals surface area contributed by atoms with Crippen LogP contribution < -0.4 is 10.9 Å². The number of hydrogen-bond donors (Lipinski definition) is 2. The van der Waals surface area contributed by atoms with Gasteiger partial charge in [0, 0.05) is 32.2 Å². The molecule has 0 radical (unpaired) electrons. The van der Waals surface area contributed by atoms with E-state index in [-0.39, 0.29) is 22.9 Å². The average molecular weight is 386 g/mol. The lowest BCUT2D eigenvalue weighted by Crippen LogP contribution is -2.51. The Hall–Kier alpha value is -2.45. The summed E-state index contributed by atoms with van der Waals surface area (Å²) in [4.78, 5) is 44.5. The molecular weight excluding hydrogens is 364 g/mol. The highest BCUT2D eigenvalue weighted by Gasteiger charge is 2.27. The molecule has 1 aliphatic carbocycles. The number of carbonyl (C=O) groups excluding carboxylic acids is 2. The summed E-state index contributed by atoms with van der Waals surface area (Å²) in [5.41, 5.74) is 0.519. The van der Waals surface area contributed by atoms with E-state index >= 15 is 0 Å². The molecule has 1 saturated heterocycles. The summed E-state index contributed by atoms with van der Waals surface area (Å²) in [6, 6.07) is 7.59. The number of nitrogens with zero attached hydrogens (tertiary/aromatic N) is 2. The third kappa shape index (κ3) is 4.28. The van der Waals surface area contributed by atoms with Crippen LogP contribution in [-0.2, 0) is 4.79 Å². The Morgan fingerprint density at radius 3 is 2.56 bits per heavy atom. The van der Waals surface area contributed by atoms with Gasteiger partial charge in [0.1, 0.15) is 5.56 Å². The summed E-state index contributed by atoms with van der Waals surface area (Å²) in [7, 11) is 0. The molecule has 2 aliphatic rings. The van der Waals surface area contributed by atoms with Gasteiger partial charge in [0.05, 0.1) is 17.1 Å². The highest BCUT2D eigenvalue weighted by Crippen LogP contribution is 2.21. The van der Waals surface area contributed by atoms with Gasteiger partial charge in [-0.15, -0.1) is 11.3 Å². The smallest absolute Gasteiger partial charge is 0.261 e. The SMILES string of the molecule is O=C(CN1CCN(C(=O)c2ccc(-c3cccs3)[nH]c2=O)CC1)NC1CC1. The predicted molar refractivity (Wildman–Crippen MR) is 104 cm³/mol.